The third-order valence-corrected chi connectivity index (χ3v) is 4.38. The molecule has 2 aromatic rings. The van der Waals surface area contributed by atoms with Crippen molar-refractivity contribution in [2.75, 3.05) is 46.5 Å². The van der Waals surface area contributed by atoms with Gasteiger partial charge in [0, 0.05) is 31.3 Å². The van der Waals surface area contributed by atoms with Gasteiger partial charge in [-0.3, -0.25) is 9.69 Å². The highest BCUT2D eigenvalue weighted by Crippen LogP contribution is 2.18. The third kappa shape index (κ3) is 4.35. The molecule has 2 heterocycles. The number of rotatable bonds is 7. The first kappa shape index (κ1) is 17.0. The van der Waals surface area contributed by atoms with E-state index in [4.69, 9.17) is 9.47 Å². The molecule has 6 nitrogen and oxygen atoms in total. The molecule has 0 bridgehead atoms. The molecule has 24 heavy (non-hydrogen) atoms. The van der Waals surface area contributed by atoms with Gasteiger partial charge in [-0.1, -0.05) is 0 Å². The molecule has 0 unspecified atom stereocenters. The molecule has 6 heteroatoms. The zero-order valence-electron chi connectivity index (χ0n) is 14.1. The fraction of sp³-hybridized carbons (Fsp3) is 0.500. The van der Waals surface area contributed by atoms with Crippen molar-refractivity contribution in [1.82, 2.24) is 15.2 Å². The number of methoxy groups -OCH3 is 1. The van der Waals surface area contributed by atoms with Crippen LogP contribution >= 0.6 is 0 Å². The second-order valence-electron chi connectivity index (χ2n) is 6.06. The number of pyridine rings is 1. The van der Waals surface area contributed by atoms with Crippen LogP contribution < -0.4 is 15.6 Å². The van der Waals surface area contributed by atoms with E-state index in [1.165, 1.54) is 0 Å². The first-order valence-corrected chi connectivity index (χ1v) is 8.47. The number of aromatic amines is 1. The number of morpholine rings is 1. The molecule has 1 aliphatic rings. The highest BCUT2D eigenvalue weighted by molar-refractivity contribution is 5.80. The molecule has 1 aliphatic heterocycles. The van der Waals surface area contributed by atoms with Crippen LogP contribution in [0.15, 0.2) is 29.1 Å². The first-order valence-electron chi connectivity index (χ1n) is 8.47. The number of hydrogen-bond acceptors (Lipinski definition) is 5. The molecule has 0 atom stereocenters. The third-order valence-electron chi connectivity index (χ3n) is 4.38. The smallest absolute Gasteiger partial charge is 0.252 e. The van der Waals surface area contributed by atoms with Gasteiger partial charge >= 0.3 is 0 Å². The Labute approximate surface area is 141 Å². The van der Waals surface area contributed by atoms with E-state index < -0.39 is 0 Å². The molecule has 0 amide bonds. The Bertz CT molecular complexity index is 723. The van der Waals surface area contributed by atoms with Crippen molar-refractivity contribution in [2.45, 2.75) is 13.0 Å². The van der Waals surface area contributed by atoms with Crippen molar-refractivity contribution in [3.63, 3.8) is 0 Å². The van der Waals surface area contributed by atoms with Crippen LogP contribution in [0, 0.1) is 0 Å². The second-order valence-corrected chi connectivity index (χ2v) is 6.06. The largest absolute Gasteiger partial charge is 0.497 e. The number of benzene rings is 1. The van der Waals surface area contributed by atoms with E-state index in [0.717, 1.165) is 68.0 Å². The van der Waals surface area contributed by atoms with Crippen molar-refractivity contribution in [3.8, 4) is 5.75 Å². The molecule has 0 radical (unpaired) electrons. The van der Waals surface area contributed by atoms with Crippen molar-refractivity contribution >= 4 is 10.9 Å². The minimum Gasteiger partial charge on any atom is -0.497 e. The van der Waals surface area contributed by atoms with E-state index in [1.54, 1.807) is 7.11 Å². The van der Waals surface area contributed by atoms with Crippen LogP contribution in [0.5, 0.6) is 5.75 Å². The molecule has 2 N–H and O–H groups in total. The maximum atomic E-state index is 12.2. The number of hydrogen-bond donors (Lipinski definition) is 2. The van der Waals surface area contributed by atoms with E-state index in [0.29, 0.717) is 6.54 Å². The number of nitrogens with one attached hydrogen (secondary N) is 2. The average Bonchev–Trinajstić information content (AvgIpc) is 2.62. The van der Waals surface area contributed by atoms with Crippen LogP contribution in [0.25, 0.3) is 10.9 Å². The summed E-state index contributed by atoms with van der Waals surface area (Å²) in [5, 5.41) is 4.38. The summed E-state index contributed by atoms with van der Waals surface area (Å²) in [7, 11) is 1.62. The highest BCUT2D eigenvalue weighted by atomic mass is 16.5. The van der Waals surface area contributed by atoms with Crippen LogP contribution in [0.3, 0.4) is 0 Å². The second kappa shape index (κ2) is 8.28. The zero-order chi connectivity index (χ0) is 16.8. The summed E-state index contributed by atoms with van der Waals surface area (Å²) < 4.78 is 10.5. The molecule has 1 fully saturated rings. The Kier molecular flexibility index (Phi) is 5.85. The maximum Gasteiger partial charge on any atom is 0.252 e. The summed E-state index contributed by atoms with van der Waals surface area (Å²) in [6, 6.07) is 7.66. The Morgan fingerprint density at radius 3 is 2.92 bits per heavy atom. The molecule has 1 saturated heterocycles. The van der Waals surface area contributed by atoms with Crippen molar-refractivity contribution in [1.29, 1.82) is 0 Å². The minimum absolute atomic E-state index is 0.0450. The van der Waals surface area contributed by atoms with E-state index >= 15 is 0 Å². The predicted octanol–water partition coefficient (Wildman–Crippen LogP) is 1.35. The van der Waals surface area contributed by atoms with Gasteiger partial charge in [-0.25, -0.2) is 0 Å². The van der Waals surface area contributed by atoms with Gasteiger partial charge in [0.15, 0.2) is 0 Å². The van der Waals surface area contributed by atoms with Crippen LogP contribution in [0.4, 0.5) is 0 Å². The molecule has 0 aliphatic carbocycles. The van der Waals surface area contributed by atoms with Gasteiger partial charge in [-0.05, 0) is 43.1 Å². The molecular weight excluding hydrogens is 306 g/mol. The summed E-state index contributed by atoms with van der Waals surface area (Å²) in [6.45, 7) is 6.28. The van der Waals surface area contributed by atoms with E-state index in [9.17, 15) is 4.79 Å². The highest BCUT2D eigenvalue weighted by Gasteiger charge is 2.09. The lowest BCUT2D eigenvalue weighted by atomic mass is 10.1. The first-order chi connectivity index (χ1) is 11.8. The lowest BCUT2D eigenvalue weighted by molar-refractivity contribution is 0.0374. The number of aromatic nitrogens is 1. The molecular formula is C18H25N3O3. The standard InChI is InChI=1S/C18H25N3O3/c1-23-16-4-3-14-11-15(18(22)20-17(14)12-16)13-19-5-2-6-21-7-9-24-10-8-21/h3-4,11-12,19H,2,5-10,13H2,1H3,(H,20,22). The lowest BCUT2D eigenvalue weighted by Crippen LogP contribution is -2.37. The van der Waals surface area contributed by atoms with Gasteiger partial charge in [-0.2, -0.15) is 0 Å². The molecule has 130 valence electrons. The van der Waals surface area contributed by atoms with Gasteiger partial charge in [0.2, 0.25) is 0 Å². The quantitative estimate of drug-likeness (QED) is 0.750. The van der Waals surface area contributed by atoms with E-state index in [-0.39, 0.29) is 5.56 Å². The Morgan fingerprint density at radius 2 is 2.12 bits per heavy atom. The molecule has 0 spiro atoms. The number of nitrogens with zero attached hydrogens (tertiary/aromatic N) is 1. The summed E-state index contributed by atoms with van der Waals surface area (Å²) in [4.78, 5) is 17.5. The fourth-order valence-corrected chi connectivity index (χ4v) is 2.96. The van der Waals surface area contributed by atoms with Gasteiger partial charge < -0.3 is 19.8 Å². The summed E-state index contributed by atoms with van der Waals surface area (Å²) in [5.41, 5.74) is 1.52. The summed E-state index contributed by atoms with van der Waals surface area (Å²) >= 11 is 0. The Morgan fingerprint density at radius 1 is 1.29 bits per heavy atom. The maximum absolute atomic E-state index is 12.2. The van der Waals surface area contributed by atoms with Crippen molar-refractivity contribution in [3.05, 3.63) is 40.2 Å². The Hall–Kier alpha value is -1.89. The topological polar surface area (TPSA) is 66.6 Å². The number of ether oxygens (including phenoxy) is 2. The van der Waals surface area contributed by atoms with Crippen LogP contribution in [0.2, 0.25) is 0 Å². The van der Waals surface area contributed by atoms with Gasteiger partial charge in [0.05, 0.1) is 25.8 Å². The van der Waals surface area contributed by atoms with Gasteiger partial charge in [0.1, 0.15) is 5.75 Å². The van der Waals surface area contributed by atoms with Gasteiger partial charge in [0.25, 0.3) is 5.56 Å². The van der Waals surface area contributed by atoms with E-state index in [1.807, 2.05) is 24.3 Å². The fourth-order valence-electron chi connectivity index (χ4n) is 2.96. The lowest BCUT2D eigenvalue weighted by Gasteiger charge is -2.26. The normalized spacial score (nSPS) is 15.7. The monoisotopic (exact) mass is 331 g/mol. The number of H-pyrrole nitrogens is 1. The molecule has 0 saturated carbocycles. The minimum atomic E-state index is -0.0450. The molecule has 1 aromatic carbocycles. The number of fused-ring (bicyclic) bond motifs is 1. The van der Waals surface area contributed by atoms with Crippen molar-refractivity contribution in [2.24, 2.45) is 0 Å². The summed E-state index contributed by atoms with van der Waals surface area (Å²) in [5.74, 6) is 0.743. The SMILES string of the molecule is COc1ccc2cc(CNCCCN3CCOCC3)c(=O)[nH]c2c1. The average molecular weight is 331 g/mol. The van der Waals surface area contributed by atoms with Crippen LogP contribution in [-0.4, -0.2) is 56.4 Å². The molecule has 3 rings (SSSR count). The van der Waals surface area contributed by atoms with Gasteiger partial charge in [-0.15, -0.1) is 0 Å². The Balaban J connectivity index is 1.51. The predicted molar refractivity (Wildman–Crippen MR) is 94.7 cm³/mol. The summed E-state index contributed by atoms with van der Waals surface area (Å²) in [6.07, 6.45) is 1.07. The zero-order valence-corrected chi connectivity index (χ0v) is 14.1. The van der Waals surface area contributed by atoms with Crippen LogP contribution in [0.1, 0.15) is 12.0 Å². The van der Waals surface area contributed by atoms with E-state index in [2.05, 4.69) is 15.2 Å². The molecule has 1 aromatic heterocycles. The van der Waals surface area contributed by atoms with Crippen molar-refractivity contribution < 1.29 is 9.47 Å². The van der Waals surface area contributed by atoms with Crippen LogP contribution in [-0.2, 0) is 11.3 Å².